The number of anilines is 1. The molecule has 0 unspecified atom stereocenters. The number of sulfone groups is 1. The molecule has 0 aliphatic heterocycles. The molecule has 0 aliphatic rings. The second kappa shape index (κ2) is 9.40. The van der Waals surface area contributed by atoms with Crippen LogP contribution in [-0.4, -0.2) is 44.6 Å². The van der Waals surface area contributed by atoms with Crippen LogP contribution < -0.4 is 14.8 Å². The highest BCUT2D eigenvalue weighted by molar-refractivity contribution is 7.90. The van der Waals surface area contributed by atoms with Gasteiger partial charge >= 0.3 is 0 Å². The number of amides is 1. The Morgan fingerprint density at radius 2 is 1.56 bits per heavy atom. The summed E-state index contributed by atoms with van der Waals surface area (Å²) in [5, 5.41) is 7.31. The number of ether oxygens (including phenoxy) is 2. The van der Waals surface area contributed by atoms with Crippen LogP contribution in [-0.2, 0) is 9.84 Å². The number of nitrogens with zero attached hydrogens (tertiary/aromatic N) is 2. The summed E-state index contributed by atoms with van der Waals surface area (Å²) in [6.07, 6.45) is 1.13. The zero-order chi connectivity index (χ0) is 24.3. The van der Waals surface area contributed by atoms with E-state index in [4.69, 9.17) is 9.47 Å². The monoisotopic (exact) mass is 477 g/mol. The number of nitrogens with one attached hydrogen (secondary N) is 1. The Labute approximate surface area is 197 Å². The van der Waals surface area contributed by atoms with Crippen LogP contribution in [0.1, 0.15) is 10.5 Å². The Hall–Kier alpha value is -4.11. The number of carbonyl (C=O) groups excluding carboxylic acids is 1. The molecule has 0 spiro atoms. The SMILES string of the molecule is COc1ccc(-c2cc(C(=O)Nc3ccc(S(C)(=O)=O)cc3)nn2-c2ccccc2)cc1OC. The Bertz CT molecular complexity index is 1430. The predicted octanol–water partition coefficient (Wildman–Crippen LogP) is 4.21. The van der Waals surface area contributed by atoms with Crippen LogP contribution in [0.5, 0.6) is 11.5 Å². The third kappa shape index (κ3) is 4.79. The van der Waals surface area contributed by atoms with E-state index in [2.05, 4.69) is 10.4 Å². The van der Waals surface area contributed by atoms with E-state index in [0.29, 0.717) is 22.9 Å². The Morgan fingerprint density at radius 1 is 0.882 bits per heavy atom. The van der Waals surface area contributed by atoms with Gasteiger partial charge in [-0.05, 0) is 60.7 Å². The highest BCUT2D eigenvalue weighted by Crippen LogP contribution is 2.33. The van der Waals surface area contributed by atoms with Gasteiger partial charge in [0.25, 0.3) is 5.91 Å². The highest BCUT2D eigenvalue weighted by Gasteiger charge is 2.18. The normalized spacial score (nSPS) is 11.1. The molecule has 174 valence electrons. The molecule has 0 saturated heterocycles. The molecule has 0 bridgehead atoms. The van der Waals surface area contributed by atoms with E-state index in [0.717, 1.165) is 17.5 Å². The van der Waals surface area contributed by atoms with Crippen LogP contribution in [0.4, 0.5) is 5.69 Å². The van der Waals surface area contributed by atoms with E-state index in [-0.39, 0.29) is 10.6 Å². The summed E-state index contributed by atoms with van der Waals surface area (Å²) in [5.74, 6) is 0.717. The number of aromatic nitrogens is 2. The fraction of sp³-hybridized carbons (Fsp3) is 0.120. The smallest absolute Gasteiger partial charge is 0.276 e. The molecule has 3 aromatic carbocycles. The van der Waals surface area contributed by atoms with E-state index in [9.17, 15) is 13.2 Å². The molecule has 1 heterocycles. The third-order valence-corrected chi connectivity index (χ3v) is 6.29. The van der Waals surface area contributed by atoms with Crippen LogP contribution in [0, 0.1) is 0 Å². The van der Waals surface area contributed by atoms with Crippen molar-refractivity contribution in [2.24, 2.45) is 0 Å². The second-order valence-electron chi connectivity index (χ2n) is 7.48. The van der Waals surface area contributed by atoms with Gasteiger partial charge in [-0.2, -0.15) is 5.10 Å². The molecule has 0 aliphatic carbocycles. The molecule has 4 rings (SSSR count). The molecule has 0 atom stereocenters. The summed E-state index contributed by atoms with van der Waals surface area (Å²) >= 11 is 0. The van der Waals surface area contributed by atoms with E-state index in [1.165, 1.54) is 24.3 Å². The first-order valence-electron chi connectivity index (χ1n) is 10.3. The van der Waals surface area contributed by atoms with Crippen molar-refractivity contribution in [3.63, 3.8) is 0 Å². The predicted molar refractivity (Wildman–Crippen MR) is 130 cm³/mol. The van der Waals surface area contributed by atoms with Gasteiger partial charge < -0.3 is 14.8 Å². The topological polar surface area (TPSA) is 99.5 Å². The van der Waals surface area contributed by atoms with Gasteiger partial charge in [0.15, 0.2) is 27.0 Å². The van der Waals surface area contributed by atoms with Gasteiger partial charge in [-0.25, -0.2) is 13.1 Å². The molecule has 0 fully saturated rings. The minimum absolute atomic E-state index is 0.176. The van der Waals surface area contributed by atoms with Crippen LogP contribution >= 0.6 is 0 Å². The lowest BCUT2D eigenvalue weighted by atomic mass is 10.1. The number of hydrogen-bond acceptors (Lipinski definition) is 6. The van der Waals surface area contributed by atoms with E-state index in [1.54, 1.807) is 31.0 Å². The molecule has 9 heteroatoms. The average Bonchev–Trinajstić information content (AvgIpc) is 3.30. The van der Waals surface area contributed by atoms with Crippen molar-refractivity contribution in [1.29, 1.82) is 0 Å². The number of carbonyl (C=O) groups is 1. The van der Waals surface area contributed by atoms with Crippen LogP contribution in [0.15, 0.2) is 83.8 Å². The lowest BCUT2D eigenvalue weighted by Gasteiger charge is -2.11. The molecule has 8 nitrogen and oxygen atoms in total. The number of methoxy groups -OCH3 is 2. The van der Waals surface area contributed by atoms with Crippen molar-refractivity contribution in [2.45, 2.75) is 4.90 Å². The van der Waals surface area contributed by atoms with Gasteiger partial charge in [0.05, 0.1) is 30.5 Å². The molecule has 34 heavy (non-hydrogen) atoms. The maximum absolute atomic E-state index is 13.0. The zero-order valence-electron chi connectivity index (χ0n) is 18.8. The molecule has 1 aromatic heterocycles. The number of benzene rings is 3. The summed E-state index contributed by atoms with van der Waals surface area (Å²) < 4.78 is 35.8. The van der Waals surface area contributed by atoms with E-state index >= 15 is 0 Å². The first kappa shape index (κ1) is 23.1. The van der Waals surface area contributed by atoms with Gasteiger partial charge in [0, 0.05) is 17.5 Å². The summed E-state index contributed by atoms with van der Waals surface area (Å²) in [6, 6.07) is 22.6. The summed E-state index contributed by atoms with van der Waals surface area (Å²) in [4.78, 5) is 13.2. The maximum Gasteiger partial charge on any atom is 0.276 e. The average molecular weight is 478 g/mol. The fourth-order valence-electron chi connectivity index (χ4n) is 3.44. The third-order valence-electron chi connectivity index (χ3n) is 5.16. The van der Waals surface area contributed by atoms with Crippen molar-refractivity contribution < 1.29 is 22.7 Å². The largest absolute Gasteiger partial charge is 0.493 e. The fourth-order valence-corrected chi connectivity index (χ4v) is 4.07. The minimum Gasteiger partial charge on any atom is -0.493 e. The van der Waals surface area contributed by atoms with Gasteiger partial charge in [0.1, 0.15) is 0 Å². The van der Waals surface area contributed by atoms with Crippen LogP contribution in [0.25, 0.3) is 16.9 Å². The summed E-state index contributed by atoms with van der Waals surface area (Å²) in [7, 11) is -0.196. The lowest BCUT2D eigenvalue weighted by molar-refractivity contribution is 0.102. The van der Waals surface area contributed by atoms with Crippen molar-refractivity contribution in [1.82, 2.24) is 9.78 Å². The standard InChI is InChI=1S/C25H23N3O5S/c1-32-23-14-9-17(15-24(23)33-2)22-16-21(27-28(22)19-7-5-4-6-8-19)25(29)26-18-10-12-20(13-11-18)34(3,30)31/h4-16H,1-3H3,(H,26,29). The second-order valence-corrected chi connectivity index (χ2v) is 9.50. The van der Waals surface area contributed by atoms with Crippen molar-refractivity contribution >= 4 is 21.4 Å². The molecular weight excluding hydrogens is 454 g/mol. The van der Waals surface area contributed by atoms with Crippen molar-refractivity contribution in [3.8, 4) is 28.4 Å². The summed E-state index contributed by atoms with van der Waals surface area (Å²) in [5.41, 5.74) is 2.90. The number of para-hydroxylation sites is 1. The molecule has 4 aromatic rings. The van der Waals surface area contributed by atoms with Crippen LogP contribution in [0.3, 0.4) is 0 Å². The quantitative estimate of drug-likeness (QED) is 0.428. The van der Waals surface area contributed by atoms with Crippen molar-refractivity contribution in [3.05, 3.63) is 84.6 Å². The first-order valence-corrected chi connectivity index (χ1v) is 12.2. The maximum atomic E-state index is 13.0. The molecule has 1 N–H and O–H groups in total. The first-order chi connectivity index (χ1) is 16.3. The van der Waals surface area contributed by atoms with Gasteiger partial charge in [0.2, 0.25) is 0 Å². The summed E-state index contributed by atoms with van der Waals surface area (Å²) in [6.45, 7) is 0. The van der Waals surface area contributed by atoms with E-state index in [1.807, 2.05) is 42.5 Å². The molecule has 1 amide bonds. The molecule has 0 saturated carbocycles. The Morgan fingerprint density at radius 3 is 2.18 bits per heavy atom. The van der Waals surface area contributed by atoms with Gasteiger partial charge in [-0.15, -0.1) is 0 Å². The Balaban J connectivity index is 1.72. The molecule has 0 radical (unpaired) electrons. The zero-order valence-corrected chi connectivity index (χ0v) is 19.7. The highest BCUT2D eigenvalue weighted by atomic mass is 32.2. The van der Waals surface area contributed by atoms with Crippen LogP contribution in [0.2, 0.25) is 0 Å². The van der Waals surface area contributed by atoms with Crippen molar-refractivity contribution in [2.75, 3.05) is 25.8 Å². The van der Waals surface area contributed by atoms with Gasteiger partial charge in [-0.3, -0.25) is 4.79 Å². The van der Waals surface area contributed by atoms with E-state index < -0.39 is 15.7 Å². The lowest BCUT2D eigenvalue weighted by Crippen LogP contribution is -2.13. The number of hydrogen-bond donors (Lipinski definition) is 1. The molecular formula is C25H23N3O5S. The Kier molecular flexibility index (Phi) is 6.38. The van der Waals surface area contributed by atoms with Gasteiger partial charge in [-0.1, -0.05) is 18.2 Å². The number of rotatable bonds is 7. The minimum atomic E-state index is -3.32.